The number of benzene rings is 1. The number of phenols is 1. The zero-order valence-corrected chi connectivity index (χ0v) is 14.1. The molecule has 0 fully saturated rings. The Morgan fingerprint density at radius 3 is 2.70 bits per heavy atom. The molecule has 0 saturated heterocycles. The highest BCUT2D eigenvalue weighted by Crippen LogP contribution is 2.33. The number of allylic oxidation sites excluding steroid dienone is 3. The van der Waals surface area contributed by atoms with Crippen molar-refractivity contribution in [2.75, 3.05) is 0 Å². The Labute approximate surface area is 153 Å². The summed E-state index contributed by atoms with van der Waals surface area (Å²) < 4.78 is 28.2. The zero-order chi connectivity index (χ0) is 19.0. The number of halogens is 2. The minimum Gasteiger partial charge on any atom is -0.507 e. The molecule has 0 bridgehead atoms. The fourth-order valence-corrected chi connectivity index (χ4v) is 2.98. The number of rotatable bonds is 4. The van der Waals surface area contributed by atoms with E-state index in [0.717, 1.165) is 6.20 Å². The minimum atomic E-state index is -1.08. The van der Waals surface area contributed by atoms with E-state index < -0.39 is 12.0 Å². The van der Waals surface area contributed by atoms with Crippen molar-refractivity contribution in [1.29, 1.82) is 0 Å². The van der Waals surface area contributed by atoms with Crippen molar-refractivity contribution in [3.05, 3.63) is 67.0 Å². The van der Waals surface area contributed by atoms with Crippen LogP contribution < -0.4 is 0 Å². The SMILES string of the molecule is C=C(c1cnc(-c2ccc(-n3cc(F)cn3)cc2O)nn1)[C@H]1CC=C[C@H]1F. The molecule has 2 heterocycles. The molecule has 2 atom stereocenters. The molecule has 1 N–H and O–H groups in total. The van der Waals surface area contributed by atoms with E-state index in [1.807, 2.05) is 0 Å². The van der Waals surface area contributed by atoms with Crippen LogP contribution in [0.5, 0.6) is 5.75 Å². The van der Waals surface area contributed by atoms with Gasteiger partial charge in [-0.05, 0) is 24.1 Å². The molecule has 8 heteroatoms. The Morgan fingerprint density at radius 1 is 1.26 bits per heavy atom. The van der Waals surface area contributed by atoms with Crippen LogP contribution in [0.15, 0.2) is 55.5 Å². The van der Waals surface area contributed by atoms with Crippen molar-refractivity contribution in [3.63, 3.8) is 0 Å². The number of hydrogen-bond donors (Lipinski definition) is 1. The Bertz CT molecular complexity index is 1030. The van der Waals surface area contributed by atoms with Gasteiger partial charge < -0.3 is 5.11 Å². The third-order valence-electron chi connectivity index (χ3n) is 4.47. The average molecular weight is 367 g/mol. The van der Waals surface area contributed by atoms with Crippen LogP contribution in [-0.2, 0) is 0 Å². The lowest BCUT2D eigenvalue weighted by Crippen LogP contribution is -2.11. The number of alkyl halides is 1. The van der Waals surface area contributed by atoms with Gasteiger partial charge in [0.05, 0.1) is 29.8 Å². The molecule has 0 amide bonds. The molecule has 0 spiro atoms. The second-order valence-electron chi connectivity index (χ2n) is 6.21. The van der Waals surface area contributed by atoms with Gasteiger partial charge in [0.25, 0.3) is 0 Å². The number of phenolic OH excluding ortho intramolecular Hbond substituents is 1. The molecule has 1 aliphatic rings. The smallest absolute Gasteiger partial charge is 0.185 e. The van der Waals surface area contributed by atoms with Crippen molar-refractivity contribution in [1.82, 2.24) is 25.0 Å². The zero-order valence-electron chi connectivity index (χ0n) is 14.1. The number of nitrogens with zero attached hydrogens (tertiary/aromatic N) is 5. The van der Waals surface area contributed by atoms with Gasteiger partial charge in [-0.1, -0.05) is 18.7 Å². The van der Waals surface area contributed by atoms with Crippen molar-refractivity contribution in [2.45, 2.75) is 12.6 Å². The topological polar surface area (TPSA) is 76.7 Å². The lowest BCUT2D eigenvalue weighted by Gasteiger charge is -2.14. The predicted octanol–water partition coefficient (Wildman–Crippen LogP) is 3.50. The van der Waals surface area contributed by atoms with E-state index in [0.29, 0.717) is 28.9 Å². The normalized spacial score (nSPS) is 18.7. The first-order valence-corrected chi connectivity index (χ1v) is 8.26. The van der Waals surface area contributed by atoms with Crippen LogP contribution in [0.1, 0.15) is 12.1 Å². The first-order valence-electron chi connectivity index (χ1n) is 8.26. The highest BCUT2D eigenvalue weighted by Gasteiger charge is 2.26. The first kappa shape index (κ1) is 17.0. The molecule has 1 aromatic carbocycles. The lowest BCUT2D eigenvalue weighted by atomic mass is 9.95. The molecule has 3 aromatic rings. The third-order valence-corrected chi connectivity index (χ3v) is 4.47. The Kier molecular flexibility index (Phi) is 4.23. The Balaban J connectivity index is 1.58. The van der Waals surface area contributed by atoms with Gasteiger partial charge in [-0.2, -0.15) is 5.10 Å². The summed E-state index contributed by atoms with van der Waals surface area (Å²) in [6.07, 6.45) is 6.51. The Hall–Kier alpha value is -3.42. The minimum absolute atomic E-state index is 0.0967. The van der Waals surface area contributed by atoms with Gasteiger partial charge in [-0.25, -0.2) is 18.4 Å². The highest BCUT2D eigenvalue weighted by atomic mass is 19.1. The van der Waals surface area contributed by atoms with Gasteiger partial charge in [-0.15, -0.1) is 10.2 Å². The van der Waals surface area contributed by atoms with Crippen LogP contribution in [0.4, 0.5) is 8.78 Å². The van der Waals surface area contributed by atoms with E-state index in [2.05, 4.69) is 26.9 Å². The lowest BCUT2D eigenvalue weighted by molar-refractivity contribution is 0.346. The van der Waals surface area contributed by atoms with Crippen LogP contribution in [0, 0.1) is 11.7 Å². The number of aromatic nitrogens is 5. The Morgan fingerprint density at radius 2 is 2.11 bits per heavy atom. The van der Waals surface area contributed by atoms with Crippen LogP contribution in [0.3, 0.4) is 0 Å². The van der Waals surface area contributed by atoms with Crippen molar-refractivity contribution in [2.24, 2.45) is 5.92 Å². The molecular weight excluding hydrogens is 352 g/mol. The van der Waals surface area contributed by atoms with Crippen molar-refractivity contribution in [3.8, 4) is 22.8 Å². The molecule has 0 unspecified atom stereocenters. The highest BCUT2D eigenvalue weighted by molar-refractivity contribution is 5.67. The van der Waals surface area contributed by atoms with E-state index in [1.54, 1.807) is 18.2 Å². The summed E-state index contributed by atoms with van der Waals surface area (Å²) in [6.45, 7) is 3.91. The van der Waals surface area contributed by atoms with E-state index in [1.165, 1.54) is 29.2 Å². The standard InChI is InChI=1S/C19H15F2N5O/c1-11(14-3-2-4-16(14)21)17-9-22-19(25-24-17)15-6-5-13(7-18(15)27)26-10-12(20)8-23-26/h2,4-10,14,16,27H,1,3H2/t14-,16-/m1/s1. The molecule has 2 aromatic heterocycles. The summed E-state index contributed by atoms with van der Waals surface area (Å²) in [6, 6.07) is 4.67. The van der Waals surface area contributed by atoms with Gasteiger partial charge >= 0.3 is 0 Å². The monoisotopic (exact) mass is 367 g/mol. The van der Waals surface area contributed by atoms with Crippen LogP contribution in [-0.4, -0.2) is 36.2 Å². The van der Waals surface area contributed by atoms with Crippen LogP contribution >= 0.6 is 0 Å². The second kappa shape index (κ2) is 6.71. The van der Waals surface area contributed by atoms with Gasteiger partial charge in [0.1, 0.15) is 17.6 Å². The van der Waals surface area contributed by atoms with Gasteiger partial charge in [0.15, 0.2) is 11.6 Å². The van der Waals surface area contributed by atoms with Crippen molar-refractivity contribution >= 4 is 5.57 Å². The van der Waals surface area contributed by atoms with Gasteiger partial charge in [0, 0.05) is 12.0 Å². The van der Waals surface area contributed by atoms with Crippen LogP contribution in [0.25, 0.3) is 22.6 Å². The first-order chi connectivity index (χ1) is 13.0. The molecule has 1 aliphatic carbocycles. The van der Waals surface area contributed by atoms with Gasteiger partial charge in [-0.3, -0.25) is 0 Å². The predicted molar refractivity (Wildman–Crippen MR) is 95.2 cm³/mol. The summed E-state index contributed by atoms with van der Waals surface area (Å²) in [5.74, 6) is -0.715. The number of hydrogen-bond acceptors (Lipinski definition) is 5. The van der Waals surface area contributed by atoms with Gasteiger partial charge in [0.2, 0.25) is 0 Å². The summed E-state index contributed by atoms with van der Waals surface area (Å²) in [4.78, 5) is 4.21. The maximum absolute atomic E-state index is 13.8. The maximum atomic E-state index is 13.8. The molecule has 136 valence electrons. The fraction of sp³-hybridized carbons (Fsp3) is 0.158. The second-order valence-corrected chi connectivity index (χ2v) is 6.21. The van der Waals surface area contributed by atoms with Crippen molar-refractivity contribution < 1.29 is 13.9 Å². The molecule has 0 aliphatic heterocycles. The molecular formula is C19H15F2N5O. The van der Waals surface area contributed by atoms with E-state index in [4.69, 9.17) is 0 Å². The fourth-order valence-electron chi connectivity index (χ4n) is 2.98. The number of aromatic hydroxyl groups is 1. The van der Waals surface area contributed by atoms with E-state index in [9.17, 15) is 13.9 Å². The van der Waals surface area contributed by atoms with Crippen LogP contribution in [0.2, 0.25) is 0 Å². The summed E-state index contributed by atoms with van der Waals surface area (Å²) in [5.41, 5.74) is 1.81. The quantitative estimate of drug-likeness (QED) is 0.714. The summed E-state index contributed by atoms with van der Waals surface area (Å²) >= 11 is 0. The third kappa shape index (κ3) is 3.21. The van der Waals surface area contributed by atoms with E-state index >= 15 is 0 Å². The molecule has 6 nitrogen and oxygen atoms in total. The summed E-state index contributed by atoms with van der Waals surface area (Å²) in [5, 5.41) is 22.2. The maximum Gasteiger partial charge on any atom is 0.185 e. The molecule has 27 heavy (non-hydrogen) atoms. The molecule has 0 radical (unpaired) electrons. The average Bonchev–Trinajstić information content (AvgIpc) is 3.29. The largest absolute Gasteiger partial charge is 0.507 e. The molecule has 0 saturated carbocycles. The van der Waals surface area contributed by atoms with E-state index in [-0.39, 0.29) is 17.5 Å². The summed E-state index contributed by atoms with van der Waals surface area (Å²) in [7, 11) is 0. The molecule has 4 rings (SSSR count).